The summed E-state index contributed by atoms with van der Waals surface area (Å²) in [5, 5.41) is -0.268. The van der Waals surface area contributed by atoms with Crippen LogP contribution in [0.3, 0.4) is 0 Å². The molecule has 3 aromatic rings. The zero-order chi connectivity index (χ0) is 25.4. The molecular formula is C21H17F6NO6. The summed E-state index contributed by atoms with van der Waals surface area (Å²) in [6, 6.07) is 5.02. The number of esters is 1. The van der Waals surface area contributed by atoms with Gasteiger partial charge in [-0.3, -0.25) is 0 Å². The molecule has 13 heteroatoms. The van der Waals surface area contributed by atoms with E-state index in [2.05, 4.69) is 9.72 Å². The smallest absolute Gasteiger partial charge is 0.434 e. The second kappa shape index (κ2) is 8.95. The molecule has 0 aliphatic rings. The van der Waals surface area contributed by atoms with Crippen molar-refractivity contribution in [3.05, 3.63) is 29.8 Å². The Morgan fingerprint density at radius 2 is 1.06 bits per heavy atom. The molecule has 0 aliphatic carbocycles. The topological polar surface area (TPSA) is 76.1 Å². The Kier molecular flexibility index (Phi) is 6.58. The fourth-order valence-electron chi connectivity index (χ4n) is 3.30. The summed E-state index contributed by atoms with van der Waals surface area (Å²) in [6.45, 7) is 0. The maximum absolute atomic E-state index is 13.1. The molecule has 184 valence electrons. The molecule has 0 saturated heterocycles. The third-order valence-electron chi connectivity index (χ3n) is 4.81. The van der Waals surface area contributed by atoms with E-state index in [1.54, 1.807) is 0 Å². The largest absolute Gasteiger partial charge is 0.493 e. The lowest BCUT2D eigenvalue weighted by atomic mass is 10.0. The lowest BCUT2D eigenvalue weighted by Crippen LogP contribution is -2.45. The van der Waals surface area contributed by atoms with Crippen molar-refractivity contribution in [3.63, 3.8) is 0 Å². The Bertz CT molecular complexity index is 1160. The van der Waals surface area contributed by atoms with E-state index in [1.807, 2.05) is 0 Å². The number of alkyl halides is 6. The van der Waals surface area contributed by atoms with Crippen LogP contribution in [0.5, 0.6) is 23.0 Å². The molecular weight excluding hydrogens is 476 g/mol. The summed E-state index contributed by atoms with van der Waals surface area (Å²) in [6.07, 6.45) is -16.1. The number of carbonyl (C=O) groups excluding carboxylic acids is 1. The summed E-state index contributed by atoms with van der Waals surface area (Å²) in [5.41, 5.74) is -0.583. The summed E-state index contributed by atoms with van der Waals surface area (Å²) in [7, 11) is 5.14. The Morgan fingerprint density at radius 3 is 1.38 bits per heavy atom. The Morgan fingerprint density at radius 1 is 0.706 bits per heavy atom. The SMILES string of the molecule is COc1cc2nc3cc(OC)c(OC)cc3c(C(=O)OC(C(F)(F)F)C(F)(F)F)c2cc1OC. The van der Waals surface area contributed by atoms with E-state index in [-0.39, 0.29) is 44.8 Å². The van der Waals surface area contributed by atoms with Gasteiger partial charge in [0.1, 0.15) is 0 Å². The van der Waals surface area contributed by atoms with E-state index in [1.165, 1.54) is 52.7 Å². The quantitative estimate of drug-likeness (QED) is 0.270. The molecule has 2 aromatic carbocycles. The number of carbonyl (C=O) groups is 1. The van der Waals surface area contributed by atoms with Crippen molar-refractivity contribution in [3.8, 4) is 23.0 Å². The second-order valence-corrected chi connectivity index (χ2v) is 6.80. The lowest BCUT2D eigenvalue weighted by molar-refractivity contribution is -0.307. The number of rotatable bonds is 6. The van der Waals surface area contributed by atoms with E-state index in [0.717, 1.165) is 0 Å². The molecule has 3 rings (SSSR count). The highest BCUT2D eigenvalue weighted by molar-refractivity contribution is 6.15. The molecule has 34 heavy (non-hydrogen) atoms. The Hall–Kier alpha value is -3.64. The number of nitrogens with zero attached hydrogens (tertiary/aromatic N) is 1. The predicted molar refractivity (Wildman–Crippen MR) is 107 cm³/mol. The van der Waals surface area contributed by atoms with Crippen LogP contribution in [0, 0.1) is 0 Å². The zero-order valence-electron chi connectivity index (χ0n) is 18.1. The number of ether oxygens (including phenoxy) is 5. The first-order valence-corrected chi connectivity index (χ1v) is 9.31. The lowest BCUT2D eigenvalue weighted by Gasteiger charge is -2.23. The highest BCUT2D eigenvalue weighted by atomic mass is 19.4. The van der Waals surface area contributed by atoms with Crippen molar-refractivity contribution in [1.29, 1.82) is 0 Å². The second-order valence-electron chi connectivity index (χ2n) is 6.80. The van der Waals surface area contributed by atoms with Crippen molar-refractivity contribution in [2.24, 2.45) is 0 Å². The third kappa shape index (κ3) is 4.54. The van der Waals surface area contributed by atoms with Gasteiger partial charge in [-0.15, -0.1) is 0 Å². The van der Waals surface area contributed by atoms with Gasteiger partial charge in [0.25, 0.3) is 6.10 Å². The van der Waals surface area contributed by atoms with Gasteiger partial charge in [-0.25, -0.2) is 9.78 Å². The molecule has 0 aliphatic heterocycles. The van der Waals surface area contributed by atoms with Crippen LogP contribution in [-0.2, 0) is 4.74 Å². The van der Waals surface area contributed by atoms with Gasteiger partial charge in [0.15, 0.2) is 23.0 Å². The number of benzene rings is 2. The highest BCUT2D eigenvalue weighted by Crippen LogP contribution is 2.41. The first-order valence-electron chi connectivity index (χ1n) is 9.31. The summed E-state index contributed by atoms with van der Waals surface area (Å²) in [5.74, 6) is -1.46. The number of halogens is 6. The van der Waals surface area contributed by atoms with Gasteiger partial charge in [-0.1, -0.05) is 0 Å². The predicted octanol–water partition coefficient (Wildman–Crippen LogP) is 5.07. The maximum atomic E-state index is 13.1. The van der Waals surface area contributed by atoms with E-state index in [9.17, 15) is 31.1 Å². The molecule has 0 bridgehead atoms. The average Bonchev–Trinajstić information content (AvgIpc) is 2.77. The molecule has 0 amide bonds. The average molecular weight is 493 g/mol. The van der Waals surface area contributed by atoms with E-state index < -0.39 is 30.0 Å². The van der Waals surface area contributed by atoms with Crippen LogP contribution in [0.2, 0.25) is 0 Å². The first kappa shape index (κ1) is 25.0. The normalized spacial score (nSPS) is 12.2. The van der Waals surface area contributed by atoms with Crippen LogP contribution in [0.25, 0.3) is 21.8 Å². The number of fused-ring (bicyclic) bond motifs is 2. The molecule has 0 radical (unpaired) electrons. The molecule has 1 aromatic heterocycles. The van der Waals surface area contributed by atoms with E-state index in [4.69, 9.17) is 18.9 Å². The van der Waals surface area contributed by atoms with E-state index >= 15 is 0 Å². The van der Waals surface area contributed by atoms with Gasteiger partial charge in [0.05, 0.1) is 45.0 Å². The van der Waals surface area contributed by atoms with E-state index in [0.29, 0.717) is 0 Å². The number of hydrogen-bond acceptors (Lipinski definition) is 7. The summed E-state index contributed by atoms with van der Waals surface area (Å²) in [4.78, 5) is 17.2. The van der Waals surface area contributed by atoms with Crippen LogP contribution >= 0.6 is 0 Å². The van der Waals surface area contributed by atoms with Crippen molar-refractivity contribution >= 4 is 27.8 Å². The highest BCUT2D eigenvalue weighted by Gasteiger charge is 2.60. The fourth-order valence-corrected chi connectivity index (χ4v) is 3.30. The molecule has 0 N–H and O–H groups in total. The molecule has 1 heterocycles. The molecule has 0 saturated carbocycles. The number of pyridine rings is 1. The number of aromatic nitrogens is 1. The van der Waals surface area contributed by atoms with Crippen LogP contribution in [-0.4, -0.2) is 57.8 Å². The molecule has 7 nitrogen and oxygen atoms in total. The van der Waals surface area contributed by atoms with Crippen LogP contribution in [0.1, 0.15) is 10.4 Å². The molecule has 0 fully saturated rings. The minimum atomic E-state index is -5.89. The van der Waals surface area contributed by atoms with Crippen molar-refractivity contribution < 1.29 is 54.8 Å². The molecule has 0 spiro atoms. The number of hydrogen-bond donors (Lipinski definition) is 0. The Balaban J connectivity index is 2.38. The summed E-state index contributed by atoms with van der Waals surface area (Å²) >= 11 is 0. The fraction of sp³-hybridized carbons (Fsp3) is 0.333. The van der Waals surface area contributed by atoms with Gasteiger partial charge in [0, 0.05) is 22.9 Å². The molecule has 0 unspecified atom stereocenters. The van der Waals surface area contributed by atoms with Gasteiger partial charge in [0.2, 0.25) is 0 Å². The Labute approximate surface area is 188 Å². The van der Waals surface area contributed by atoms with Crippen molar-refractivity contribution in [1.82, 2.24) is 4.98 Å². The van der Waals surface area contributed by atoms with Crippen LogP contribution in [0.15, 0.2) is 24.3 Å². The standard InChI is InChI=1S/C21H17F6NO6/c1-30-13-5-9-11(7-15(13)32-3)28-12-8-16(33-4)14(31-2)6-10(12)17(9)18(29)34-19(20(22,23)24)21(25,26)27/h5-8,19H,1-4H3. The number of methoxy groups -OCH3 is 4. The van der Waals surface area contributed by atoms with Crippen molar-refractivity contribution in [2.75, 3.05) is 28.4 Å². The monoisotopic (exact) mass is 493 g/mol. The van der Waals surface area contributed by atoms with Crippen LogP contribution < -0.4 is 18.9 Å². The van der Waals surface area contributed by atoms with Gasteiger partial charge in [-0.2, -0.15) is 26.3 Å². The minimum absolute atomic E-state index is 0.0138. The third-order valence-corrected chi connectivity index (χ3v) is 4.81. The van der Waals surface area contributed by atoms with Crippen molar-refractivity contribution in [2.45, 2.75) is 18.5 Å². The first-order chi connectivity index (χ1) is 15.8. The molecule has 0 atom stereocenters. The zero-order valence-corrected chi connectivity index (χ0v) is 18.1. The van der Waals surface area contributed by atoms with Gasteiger partial charge < -0.3 is 23.7 Å². The van der Waals surface area contributed by atoms with Gasteiger partial charge in [-0.05, 0) is 12.1 Å². The van der Waals surface area contributed by atoms with Crippen LogP contribution in [0.4, 0.5) is 26.3 Å². The minimum Gasteiger partial charge on any atom is -0.493 e. The maximum Gasteiger partial charge on any atom is 0.434 e. The summed E-state index contributed by atoms with van der Waals surface area (Å²) < 4.78 is 103. The van der Waals surface area contributed by atoms with Gasteiger partial charge >= 0.3 is 18.3 Å².